The van der Waals surface area contributed by atoms with Crippen LogP contribution in [0.4, 0.5) is 0 Å². The maximum absolute atomic E-state index is 11.3. The van der Waals surface area contributed by atoms with Crippen LogP contribution in [0.3, 0.4) is 0 Å². The van der Waals surface area contributed by atoms with E-state index in [9.17, 15) is 8.42 Å². The topological polar surface area (TPSA) is 34.1 Å². The molecular formula is C10H13BrO2S. The highest BCUT2D eigenvalue weighted by atomic mass is 79.9. The maximum atomic E-state index is 11.3. The van der Waals surface area contributed by atoms with Crippen LogP contribution in [-0.2, 0) is 15.6 Å². The van der Waals surface area contributed by atoms with E-state index in [1.54, 1.807) is 6.92 Å². The number of rotatable bonds is 3. The minimum Gasteiger partial charge on any atom is -0.229 e. The fraction of sp³-hybridized carbons (Fsp3) is 0.400. The van der Waals surface area contributed by atoms with Crippen molar-refractivity contribution in [1.82, 2.24) is 0 Å². The fourth-order valence-corrected chi connectivity index (χ4v) is 2.40. The molecule has 78 valence electrons. The molecule has 1 aromatic carbocycles. The van der Waals surface area contributed by atoms with Crippen molar-refractivity contribution in [1.29, 1.82) is 0 Å². The molecule has 0 fully saturated rings. The van der Waals surface area contributed by atoms with E-state index >= 15 is 0 Å². The molecule has 0 saturated carbocycles. The van der Waals surface area contributed by atoms with Crippen molar-refractivity contribution in [2.45, 2.75) is 19.6 Å². The molecular weight excluding hydrogens is 264 g/mol. The maximum Gasteiger partial charge on any atom is 0.154 e. The second-order valence-corrected chi connectivity index (χ2v) is 6.47. The van der Waals surface area contributed by atoms with Crippen LogP contribution >= 0.6 is 15.9 Å². The summed E-state index contributed by atoms with van der Waals surface area (Å²) in [5, 5.41) is 0. The first-order valence-electron chi connectivity index (χ1n) is 4.40. The highest BCUT2D eigenvalue weighted by Crippen LogP contribution is 2.18. The normalized spacial score (nSPS) is 11.6. The summed E-state index contributed by atoms with van der Waals surface area (Å²) >= 11 is 3.38. The smallest absolute Gasteiger partial charge is 0.154 e. The molecule has 1 aromatic rings. The quantitative estimate of drug-likeness (QED) is 0.851. The van der Waals surface area contributed by atoms with Crippen LogP contribution in [0, 0.1) is 6.92 Å². The van der Waals surface area contributed by atoms with Crippen LogP contribution < -0.4 is 0 Å². The molecule has 14 heavy (non-hydrogen) atoms. The molecule has 0 amide bonds. The summed E-state index contributed by atoms with van der Waals surface area (Å²) in [6.45, 7) is 3.64. The third-order valence-corrected chi connectivity index (χ3v) is 4.57. The molecule has 0 aliphatic rings. The van der Waals surface area contributed by atoms with Gasteiger partial charge in [-0.15, -0.1) is 0 Å². The molecule has 0 unspecified atom stereocenters. The molecule has 0 heterocycles. The van der Waals surface area contributed by atoms with Gasteiger partial charge >= 0.3 is 0 Å². The molecule has 2 nitrogen and oxygen atoms in total. The fourth-order valence-electron chi connectivity index (χ4n) is 1.08. The molecule has 4 heteroatoms. The zero-order chi connectivity index (χ0) is 10.8. The van der Waals surface area contributed by atoms with Crippen molar-refractivity contribution in [2.24, 2.45) is 0 Å². The first-order valence-corrected chi connectivity index (χ1v) is 7.01. The van der Waals surface area contributed by atoms with Gasteiger partial charge in [0.1, 0.15) is 0 Å². The summed E-state index contributed by atoms with van der Waals surface area (Å²) in [5.74, 6) is 0.320. The highest BCUT2D eigenvalue weighted by Gasteiger charge is 2.09. The van der Waals surface area contributed by atoms with E-state index in [0.717, 1.165) is 15.6 Å². The molecule has 1 rings (SSSR count). The average molecular weight is 277 g/mol. The zero-order valence-corrected chi connectivity index (χ0v) is 10.7. The van der Waals surface area contributed by atoms with Crippen molar-refractivity contribution >= 4 is 25.8 Å². The molecule has 0 bridgehead atoms. The minimum absolute atomic E-state index is 0.127. The molecule has 0 aliphatic carbocycles. The molecule has 0 saturated heterocycles. The minimum atomic E-state index is -2.92. The Morgan fingerprint density at radius 1 is 1.36 bits per heavy atom. The van der Waals surface area contributed by atoms with E-state index < -0.39 is 9.84 Å². The van der Waals surface area contributed by atoms with E-state index in [0.29, 0.717) is 0 Å². The van der Waals surface area contributed by atoms with E-state index in [1.807, 2.05) is 25.1 Å². The number of halogens is 1. The SMILES string of the molecule is CCS(=O)(=O)Cc1ccc(C)c(Br)c1. The summed E-state index contributed by atoms with van der Waals surface area (Å²) in [6.07, 6.45) is 0. The van der Waals surface area contributed by atoms with Crippen molar-refractivity contribution < 1.29 is 8.42 Å². The van der Waals surface area contributed by atoms with Gasteiger partial charge in [0.2, 0.25) is 0 Å². The Hall–Kier alpha value is -0.350. The van der Waals surface area contributed by atoms with E-state index in [2.05, 4.69) is 15.9 Å². The predicted octanol–water partition coefficient (Wildman–Crippen LogP) is 2.69. The number of aryl methyl sites for hydroxylation is 1. The average Bonchev–Trinajstić information content (AvgIpc) is 2.11. The first kappa shape index (κ1) is 11.7. The van der Waals surface area contributed by atoms with Gasteiger partial charge in [0.05, 0.1) is 5.75 Å². The van der Waals surface area contributed by atoms with E-state index in [-0.39, 0.29) is 11.5 Å². The lowest BCUT2D eigenvalue weighted by Crippen LogP contribution is -2.06. The standard InChI is InChI=1S/C10H13BrO2S/c1-3-14(12,13)7-9-5-4-8(2)10(11)6-9/h4-6H,3,7H2,1-2H3. The first-order chi connectivity index (χ1) is 6.44. The van der Waals surface area contributed by atoms with Crippen LogP contribution in [0.15, 0.2) is 22.7 Å². The number of sulfone groups is 1. The number of hydrogen-bond acceptors (Lipinski definition) is 2. The van der Waals surface area contributed by atoms with Crippen molar-refractivity contribution in [3.63, 3.8) is 0 Å². The van der Waals surface area contributed by atoms with Crippen LogP contribution in [0.1, 0.15) is 18.1 Å². The molecule has 0 aromatic heterocycles. The van der Waals surface area contributed by atoms with Gasteiger partial charge in [-0.3, -0.25) is 0 Å². The molecule has 0 radical (unpaired) electrons. The Balaban J connectivity index is 2.94. The molecule has 0 spiro atoms. The predicted molar refractivity (Wildman–Crippen MR) is 62.0 cm³/mol. The van der Waals surface area contributed by atoms with E-state index in [1.165, 1.54) is 0 Å². The van der Waals surface area contributed by atoms with Crippen LogP contribution in [0.2, 0.25) is 0 Å². The molecule has 0 atom stereocenters. The van der Waals surface area contributed by atoms with Gasteiger partial charge in [-0.05, 0) is 24.1 Å². The van der Waals surface area contributed by atoms with Crippen molar-refractivity contribution in [2.75, 3.05) is 5.75 Å². The summed E-state index contributed by atoms with van der Waals surface area (Å²) in [4.78, 5) is 0. The Kier molecular flexibility index (Phi) is 3.72. The van der Waals surface area contributed by atoms with Crippen molar-refractivity contribution in [3.8, 4) is 0 Å². The summed E-state index contributed by atoms with van der Waals surface area (Å²) in [5.41, 5.74) is 1.95. The van der Waals surface area contributed by atoms with Gasteiger partial charge in [0, 0.05) is 10.2 Å². The largest absolute Gasteiger partial charge is 0.229 e. The summed E-state index contributed by atoms with van der Waals surface area (Å²) < 4.78 is 23.7. The Bertz CT molecular complexity index is 424. The van der Waals surface area contributed by atoms with Gasteiger partial charge in [-0.1, -0.05) is 35.0 Å². The second-order valence-electron chi connectivity index (χ2n) is 3.26. The summed E-state index contributed by atoms with van der Waals surface area (Å²) in [7, 11) is -2.92. The van der Waals surface area contributed by atoms with Gasteiger partial charge in [0.15, 0.2) is 9.84 Å². The van der Waals surface area contributed by atoms with Crippen LogP contribution in [-0.4, -0.2) is 14.2 Å². The number of benzene rings is 1. The monoisotopic (exact) mass is 276 g/mol. The summed E-state index contributed by atoms with van der Waals surface area (Å²) in [6, 6.07) is 5.64. The Morgan fingerprint density at radius 3 is 2.50 bits per heavy atom. The van der Waals surface area contributed by atoms with Gasteiger partial charge in [-0.2, -0.15) is 0 Å². The Labute approximate surface area is 93.4 Å². The molecule has 0 aliphatic heterocycles. The van der Waals surface area contributed by atoms with E-state index in [4.69, 9.17) is 0 Å². The van der Waals surface area contributed by atoms with Crippen LogP contribution in [0.25, 0.3) is 0 Å². The zero-order valence-electron chi connectivity index (χ0n) is 8.25. The number of hydrogen-bond donors (Lipinski definition) is 0. The lowest BCUT2D eigenvalue weighted by molar-refractivity contribution is 0.596. The lowest BCUT2D eigenvalue weighted by atomic mass is 10.2. The van der Waals surface area contributed by atoms with Crippen molar-refractivity contribution in [3.05, 3.63) is 33.8 Å². The molecule has 0 N–H and O–H groups in total. The second kappa shape index (κ2) is 4.45. The van der Waals surface area contributed by atoms with Gasteiger partial charge in [-0.25, -0.2) is 8.42 Å². The lowest BCUT2D eigenvalue weighted by Gasteiger charge is -2.04. The third-order valence-electron chi connectivity index (χ3n) is 2.06. The third kappa shape index (κ3) is 3.10. The highest BCUT2D eigenvalue weighted by molar-refractivity contribution is 9.10. The van der Waals surface area contributed by atoms with Gasteiger partial charge in [0.25, 0.3) is 0 Å². The van der Waals surface area contributed by atoms with Gasteiger partial charge < -0.3 is 0 Å². The Morgan fingerprint density at radius 2 is 2.00 bits per heavy atom. The van der Waals surface area contributed by atoms with Crippen LogP contribution in [0.5, 0.6) is 0 Å².